The Labute approximate surface area is 105 Å². The summed E-state index contributed by atoms with van der Waals surface area (Å²) in [7, 11) is 0. The maximum absolute atomic E-state index is 5.69. The molecule has 3 rings (SSSR count). The fourth-order valence-electron chi connectivity index (χ4n) is 2.32. The molecule has 0 bridgehead atoms. The van der Waals surface area contributed by atoms with Gasteiger partial charge in [-0.3, -0.25) is 4.98 Å². The molecule has 0 spiro atoms. The Bertz CT molecular complexity index is 511. The largest absolute Gasteiger partial charge is 0.377 e. The Morgan fingerprint density at radius 3 is 3.35 bits per heavy atom. The van der Waals surface area contributed by atoms with Crippen LogP contribution in [-0.2, 0) is 4.74 Å². The summed E-state index contributed by atoms with van der Waals surface area (Å²) in [5.74, 6) is 0. The number of rotatable bonds is 1. The van der Waals surface area contributed by atoms with Crippen LogP contribution in [0.5, 0.6) is 0 Å². The SMILES string of the molecule is CC1CN(c2ccnc3ccsc23)CCCO1. The maximum Gasteiger partial charge on any atom is 0.0830 e. The molecule has 3 nitrogen and oxygen atoms in total. The summed E-state index contributed by atoms with van der Waals surface area (Å²) in [5, 5.41) is 2.11. The quantitative estimate of drug-likeness (QED) is 0.776. The first-order chi connectivity index (χ1) is 8.34. The zero-order valence-corrected chi connectivity index (χ0v) is 10.7. The molecular formula is C13H16N2OS. The lowest BCUT2D eigenvalue weighted by Crippen LogP contribution is -2.30. The van der Waals surface area contributed by atoms with Crippen LogP contribution in [0.3, 0.4) is 0 Å². The van der Waals surface area contributed by atoms with Crippen LogP contribution in [0, 0.1) is 0 Å². The lowest BCUT2D eigenvalue weighted by Gasteiger charge is -2.24. The molecule has 1 unspecified atom stereocenters. The maximum atomic E-state index is 5.69. The lowest BCUT2D eigenvalue weighted by molar-refractivity contribution is 0.0821. The number of pyridine rings is 1. The molecule has 3 heterocycles. The Morgan fingerprint density at radius 2 is 2.41 bits per heavy atom. The van der Waals surface area contributed by atoms with E-state index in [1.165, 1.54) is 10.4 Å². The van der Waals surface area contributed by atoms with Crippen LogP contribution in [-0.4, -0.2) is 30.8 Å². The third kappa shape index (κ3) is 2.15. The van der Waals surface area contributed by atoms with Crippen molar-refractivity contribution in [1.82, 2.24) is 4.98 Å². The van der Waals surface area contributed by atoms with E-state index in [9.17, 15) is 0 Å². The molecule has 0 aliphatic carbocycles. The van der Waals surface area contributed by atoms with Gasteiger partial charge in [-0.05, 0) is 30.9 Å². The van der Waals surface area contributed by atoms with Crippen molar-refractivity contribution in [3.8, 4) is 0 Å². The van der Waals surface area contributed by atoms with Gasteiger partial charge in [0, 0.05) is 25.9 Å². The molecule has 0 saturated carbocycles. The zero-order valence-electron chi connectivity index (χ0n) is 9.93. The standard InChI is InChI=1S/C13H16N2OS/c1-10-9-15(6-2-7-16-10)12-3-5-14-11-4-8-17-13(11)12/h3-5,8,10H,2,6-7,9H2,1H3. The van der Waals surface area contributed by atoms with Crippen molar-refractivity contribution in [2.45, 2.75) is 19.4 Å². The highest BCUT2D eigenvalue weighted by Crippen LogP contribution is 2.30. The second-order valence-corrected chi connectivity index (χ2v) is 5.36. The van der Waals surface area contributed by atoms with Gasteiger partial charge in [-0.15, -0.1) is 11.3 Å². The molecule has 0 radical (unpaired) electrons. The summed E-state index contributed by atoms with van der Waals surface area (Å²) in [5.41, 5.74) is 2.41. The topological polar surface area (TPSA) is 25.4 Å². The van der Waals surface area contributed by atoms with Crippen molar-refractivity contribution < 1.29 is 4.74 Å². The number of nitrogens with zero attached hydrogens (tertiary/aromatic N) is 2. The minimum absolute atomic E-state index is 0.306. The Hall–Kier alpha value is -1.13. The summed E-state index contributed by atoms with van der Waals surface area (Å²) >= 11 is 1.77. The minimum Gasteiger partial charge on any atom is -0.377 e. The zero-order chi connectivity index (χ0) is 11.7. The molecule has 4 heteroatoms. The van der Waals surface area contributed by atoms with Crippen molar-refractivity contribution >= 4 is 27.2 Å². The number of thiophene rings is 1. The first-order valence-corrected chi connectivity index (χ1v) is 6.91. The van der Waals surface area contributed by atoms with Crippen molar-refractivity contribution in [3.05, 3.63) is 23.7 Å². The molecule has 1 fully saturated rings. The average Bonchev–Trinajstić information content (AvgIpc) is 2.71. The van der Waals surface area contributed by atoms with E-state index in [1.54, 1.807) is 11.3 Å². The van der Waals surface area contributed by atoms with Gasteiger partial charge in [-0.1, -0.05) is 0 Å². The fraction of sp³-hybridized carbons (Fsp3) is 0.462. The Kier molecular flexibility index (Phi) is 2.99. The van der Waals surface area contributed by atoms with Crippen molar-refractivity contribution in [1.29, 1.82) is 0 Å². The van der Waals surface area contributed by atoms with Gasteiger partial charge in [0.25, 0.3) is 0 Å². The van der Waals surface area contributed by atoms with Crippen LogP contribution in [0.1, 0.15) is 13.3 Å². The summed E-state index contributed by atoms with van der Waals surface area (Å²) in [6.45, 7) is 5.06. The van der Waals surface area contributed by atoms with Gasteiger partial charge in [0.1, 0.15) is 0 Å². The smallest absolute Gasteiger partial charge is 0.0830 e. The predicted molar refractivity (Wildman–Crippen MR) is 71.9 cm³/mol. The van der Waals surface area contributed by atoms with Crippen molar-refractivity contribution in [3.63, 3.8) is 0 Å². The molecule has 1 aliphatic heterocycles. The first-order valence-electron chi connectivity index (χ1n) is 6.03. The number of hydrogen-bond acceptors (Lipinski definition) is 4. The van der Waals surface area contributed by atoms with Crippen molar-refractivity contribution in [2.75, 3.05) is 24.6 Å². The van der Waals surface area contributed by atoms with Gasteiger partial charge in [0.2, 0.25) is 0 Å². The van der Waals surface area contributed by atoms with Crippen LogP contribution in [0.4, 0.5) is 5.69 Å². The first kappa shape index (κ1) is 11.0. The van der Waals surface area contributed by atoms with Gasteiger partial charge >= 0.3 is 0 Å². The molecule has 1 aliphatic rings. The van der Waals surface area contributed by atoms with Crippen LogP contribution in [0.25, 0.3) is 10.2 Å². The summed E-state index contributed by atoms with van der Waals surface area (Å²) in [6, 6.07) is 4.21. The summed E-state index contributed by atoms with van der Waals surface area (Å²) in [4.78, 5) is 6.82. The Balaban J connectivity index is 1.99. The molecule has 1 saturated heterocycles. The van der Waals surface area contributed by atoms with Gasteiger partial charge in [0.05, 0.1) is 22.0 Å². The third-order valence-electron chi connectivity index (χ3n) is 3.12. The van der Waals surface area contributed by atoms with E-state index < -0.39 is 0 Å². The molecule has 17 heavy (non-hydrogen) atoms. The number of hydrogen-bond donors (Lipinski definition) is 0. The number of ether oxygens (including phenoxy) is 1. The van der Waals surface area contributed by atoms with Crippen LogP contribution < -0.4 is 4.90 Å². The number of fused-ring (bicyclic) bond motifs is 1. The fourth-order valence-corrected chi connectivity index (χ4v) is 3.21. The van der Waals surface area contributed by atoms with E-state index in [2.05, 4.69) is 34.3 Å². The van der Waals surface area contributed by atoms with E-state index in [0.717, 1.165) is 31.6 Å². The molecule has 2 aromatic rings. The monoisotopic (exact) mass is 248 g/mol. The van der Waals surface area contributed by atoms with Gasteiger partial charge in [-0.2, -0.15) is 0 Å². The van der Waals surface area contributed by atoms with Gasteiger partial charge in [0.15, 0.2) is 0 Å². The second-order valence-electron chi connectivity index (χ2n) is 4.45. The number of aromatic nitrogens is 1. The normalized spacial score (nSPS) is 21.7. The van der Waals surface area contributed by atoms with E-state index in [0.29, 0.717) is 6.10 Å². The van der Waals surface area contributed by atoms with Gasteiger partial charge in [-0.25, -0.2) is 0 Å². The molecule has 0 aromatic carbocycles. The lowest BCUT2D eigenvalue weighted by atomic mass is 10.2. The minimum atomic E-state index is 0.306. The molecule has 2 aromatic heterocycles. The van der Waals surface area contributed by atoms with Crippen LogP contribution >= 0.6 is 11.3 Å². The summed E-state index contributed by atoms with van der Waals surface area (Å²) in [6.07, 6.45) is 3.31. The molecule has 0 amide bonds. The Morgan fingerprint density at radius 1 is 1.47 bits per heavy atom. The molecular weight excluding hydrogens is 232 g/mol. The average molecular weight is 248 g/mol. The highest BCUT2D eigenvalue weighted by atomic mass is 32.1. The van der Waals surface area contributed by atoms with Crippen molar-refractivity contribution in [2.24, 2.45) is 0 Å². The van der Waals surface area contributed by atoms with E-state index in [-0.39, 0.29) is 0 Å². The summed E-state index contributed by atoms with van der Waals surface area (Å²) < 4.78 is 6.99. The van der Waals surface area contributed by atoms with Gasteiger partial charge < -0.3 is 9.64 Å². The molecule has 1 atom stereocenters. The number of anilines is 1. The second kappa shape index (κ2) is 4.63. The van der Waals surface area contributed by atoms with E-state index in [4.69, 9.17) is 4.74 Å². The highest BCUT2D eigenvalue weighted by molar-refractivity contribution is 7.17. The molecule has 90 valence electrons. The van der Waals surface area contributed by atoms with Crippen LogP contribution in [0.15, 0.2) is 23.7 Å². The molecule has 0 N–H and O–H groups in total. The predicted octanol–water partition coefficient (Wildman–Crippen LogP) is 2.91. The van der Waals surface area contributed by atoms with E-state index >= 15 is 0 Å². The third-order valence-corrected chi connectivity index (χ3v) is 4.04. The van der Waals surface area contributed by atoms with E-state index in [1.807, 2.05) is 6.20 Å². The van der Waals surface area contributed by atoms with Crippen LogP contribution in [0.2, 0.25) is 0 Å². The highest BCUT2D eigenvalue weighted by Gasteiger charge is 2.17.